The second kappa shape index (κ2) is 10.1. The van der Waals surface area contributed by atoms with Gasteiger partial charge in [-0.1, -0.05) is 43.9 Å². The van der Waals surface area contributed by atoms with Gasteiger partial charge in [0.2, 0.25) is 0 Å². The third kappa shape index (κ3) is 6.40. The topological polar surface area (TPSA) is 64.6 Å². The molecule has 1 aliphatic carbocycles. The number of aryl methyl sites for hydroxylation is 1. The first-order valence-electron chi connectivity index (χ1n) is 9.22. The minimum absolute atomic E-state index is 0.197. The van der Waals surface area contributed by atoms with Crippen LogP contribution in [0.15, 0.2) is 24.3 Å². The summed E-state index contributed by atoms with van der Waals surface area (Å²) in [5.41, 5.74) is 0.956. The van der Waals surface area contributed by atoms with Crippen molar-refractivity contribution in [3.05, 3.63) is 29.8 Å². The van der Waals surface area contributed by atoms with Gasteiger partial charge in [-0.05, 0) is 37.8 Å². The smallest absolute Gasteiger partial charge is 0.306 e. The Labute approximate surface area is 150 Å². The van der Waals surface area contributed by atoms with Crippen molar-refractivity contribution in [2.24, 2.45) is 0 Å². The largest absolute Gasteiger partial charge is 0.496 e. The lowest BCUT2D eigenvalue weighted by Gasteiger charge is -2.19. The van der Waals surface area contributed by atoms with E-state index in [-0.39, 0.29) is 24.3 Å². The fraction of sp³-hybridized carbons (Fsp3) is 0.600. The molecule has 0 bridgehead atoms. The molecule has 1 saturated carbocycles. The minimum Gasteiger partial charge on any atom is -0.496 e. The van der Waals surface area contributed by atoms with Crippen LogP contribution in [0.4, 0.5) is 0 Å². The summed E-state index contributed by atoms with van der Waals surface area (Å²) in [4.78, 5) is 24.3. The number of methoxy groups -OCH3 is 1. The summed E-state index contributed by atoms with van der Waals surface area (Å²) in [5.74, 6) is 0.196. The Morgan fingerprint density at radius 3 is 2.52 bits per heavy atom. The molecule has 1 aliphatic rings. The molecular formula is C20H29NO4. The maximum atomic E-state index is 12.2. The van der Waals surface area contributed by atoms with E-state index in [1.165, 1.54) is 12.8 Å². The number of carbonyl (C=O) groups excluding carboxylic acids is 2. The second-order valence-corrected chi connectivity index (χ2v) is 6.64. The van der Waals surface area contributed by atoms with E-state index in [0.717, 1.165) is 37.0 Å². The lowest BCUT2D eigenvalue weighted by atomic mass is 10.1. The van der Waals surface area contributed by atoms with Crippen LogP contribution in [0, 0.1) is 0 Å². The molecule has 1 N–H and O–H groups in total. The molecule has 0 heterocycles. The Kier molecular flexibility index (Phi) is 7.76. The van der Waals surface area contributed by atoms with Gasteiger partial charge in [-0.3, -0.25) is 9.59 Å². The van der Waals surface area contributed by atoms with Gasteiger partial charge in [-0.2, -0.15) is 0 Å². The number of nitrogens with one attached hydrogen (secondary N) is 1. The molecule has 0 unspecified atom stereocenters. The first kappa shape index (κ1) is 19.3. The first-order valence-corrected chi connectivity index (χ1v) is 9.22. The molecule has 1 aromatic carbocycles. The summed E-state index contributed by atoms with van der Waals surface area (Å²) in [5, 5.41) is 3.02. The molecular weight excluding hydrogens is 318 g/mol. The number of carbonyl (C=O) groups is 2. The maximum Gasteiger partial charge on any atom is 0.306 e. The maximum absolute atomic E-state index is 12.2. The van der Waals surface area contributed by atoms with E-state index in [0.29, 0.717) is 6.42 Å². The van der Waals surface area contributed by atoms with E-state index in [2.05, 4.69) is 5.32 Å². The number of ether oxygens (including phenoxy) is 2. The van der Waals surface area contributed by atoms with Gasteiger partial charge in [0, 0.05) is 12.5 Å². The fourth-order valence-corrected chi connectivity index (χ4v) is 3.20. The number of hydrogen-bond donors (Lipinski definition) is 1. The molecule has 5 nitrogen and oxygen atoms in total. The summed E-state index contributed by atoms with van der Waals surface area (Å²) in [6, 6.07) is 7.80. The summed E-state index contributed by atoms with van der Waals surface area (Å²) >= 11 is 0. The van der Waals surface area contributed by atoms with Gasteiger partial charge >= 0.3 is 5.97 Å². The monoisotopic (exact) mass is 347 g/mol. The number of esters is 1. The standard InChI is InChI=1S/C20H29NO4/c1-15(20(23)21-17-10-5-3-4-6-11-17)25-19(22)14-13-16-9-7-8-12-18(16)24-2/h7-9,12,15,17H,3-6,10-11,13-14H2,1-2H3,(H,21,23)/t15-/m1/s1. The molecule has 1 atom stereocenters. The van der Waals surface area contributed by atoms with E-state index >= 15 is 0 Å². The van der Waals surface area contributed by atoms with Crippen molar-refractivity contribution in [2.45, 2.75) is 70.4 Å². The second-order valence-electron chi connectivity index (χ2n) is 6.64. The van der Waals surface area contributed by atoms with Gasteiger partial charge in [0.15, 0.2) is 6.10 Å². The molecule has 0 aromatic heterocycles. The molecule has 25 heavy (non-hydrogen) atoms. The third-order valence-corrected chi connectivity index (χ3v) is 4.67. The van der Waals surface area contributed by atoms with Crippen molar-refractivity contribution in [1.82, 2.24) is 5.32 Å². The van der Waals surface area contributed by atoms with E-state index < -0.39 is 6.10 Å². The van der Waals surface area contributed by atoms with Gasteiger partial charge in [-0.15, -0.1) is 0 Å². The third-order valence-electron chi connectivity index (χ3n) is 4.67. The molecule has 0 saturated heterocycles. The lowest BCUT2D eigenvalue weighted by Crippen LogP contribution is -2.41. The van der Waals surface area contributed by atoms with Crippen LogP contribution < -0.4 is 10.1 Å². The van der Waals surface area contributed by atoms with Crippen LogP contribution in [0.3, 0.4) is 0 Å². The van der Waals surface area contributed by atoms with Crippen LogP contribution in [0.5, 0.6) is 5.75 Å². The van der Waals surface area contributed by atoms with Crippen LogP contribution in [0.25, 0.3) is 0 Å². The number of rotatable bonds is 7. The zero-order valence-corrected chi connectivity index (χ0v) is 15.3. The van der Waals surface area contributed by atoms with Crippen molar-refractivity contribution in [1.29, 1.82) is 0 Å². The summed E-state index contributed by atoms with van der Waals surface area (Å²) < 4.78 is 10.6. The Balaban J connectivity index is 1.76. The van der Waals surface area contributed by atoms with Crippen LogP contribution in [-0.4, -0.2) is 31.1 Å². The van der Waals surface area contributed by atoms with E-state index in [1.807, 2.05) is 24.3 Å². The highest BCUT2D eigenvalue weighted by Crippen LogP contribution is 2.19. The highest BCUT2D eigenvalue weighted by atomic mass is 16.5. The average molecular weight is 347 g/mol. The van der Waals surface area contributed by atoms with E-state index in [4.69, 9.17) is 9.47 Å². The zero-order valence-electron chi connectivity index (χ0n) is 15.3. The molecule has 1 amide bonds. The molecule has 1 fully saturated rings. The zero-order chi connectivity index (χ0) is 18.1. The summed E-state index contributed by atoms with van der Waals surface area (Å²) in [6.45, 7) is 1.63. The molecule has 2 rings (SSSR count). The average Bonchev–Trinajstić information content (AvgIpc) is 2.88. The Hall–Kier alpha value is -2.04. The van der Waals surface area contributed by atoms with Gasteiger partial charge in [-0.25, -0.2) is 0 Å². The highest BCUT2D eigenvalue weighted by molar-refractivity contribution is 5.83. The van der Waals surface area contributed by atoms with E-state index in [9.17, 15) is 9.59 Å². The van der Waals surface area contributed by atoms with Crippen molar-refractivity contribution in [2.75, 3.05) is 7.11 Å². The van der Waals surface area contributed by atoms with Gasteiger partial charge in [0.1, 0.15) is 5.75 Å². The Morgan fingerprint density at radius 1 is 1.16 bits per heavy atom. The van der Waals surface area contributed by atoms with Gasteiger partial charge < -0.3 is 14.8 Å². The molecule has 0 spiro atoms. The normalized spacial score (nSPS) is 16.6. The van der Waals surface area contributed by atoms with Gasteiger partial charge in [0.25, 0.3) is 5.91 Å². The molecule has 0 aliphatic heterocycles. The number of hydrogen-bond acceptors (Lipinski definition) is 4. The van der Waals surface area contributed by atoms with Crippen molar-refractivity contribution < 1.29 is 19.1 Å². The number of para-hydroxylation sites is 1. The first-order chi connectivity index (χ1) is 12.1. The van der Waals surface area contributed by atoms with Crippen LogP contribution in [0.2, 0.25) is 0 Å². The number of benzene rings is 1. The minimum atomic E-state index is -0.756. The van der Waals surface area contributed by atoms with Crippen molar-refractivity contribution in [3.63, 3.8) is 0 Å². The summed E-state index contributed by atoms with van der Waals surface area (Å²) in [6.07, 6.45) is 6.80. The predicted molar refractivity (Wildman–Crippen MR) is 96.5 cm³/mol. The van der Waals surface area contributed by atoms with Gasteiger partial charge in [0.05, 0.1) is 7.11 Å². The predicted octanol–water partition coefficient (Wildman–Crippen LogP) is 3.40. The van der Waals surface area contributed by atoms with Crippen molar-refractivity contribution in [3.8, 4) is 5.75 Å². The van der Waals surface area contributed by atoms with Crippen LogP contribution in [0.1, 0.15) is 57.4 Å². The molecule has 138 valence electrons. The molecule has 0 radical (unpaired) electrons. The molecule has 5 heteroatoms. The Morgan fingerprint density at radius 2 is 1.84 bits per heavy atom. The van der Waals surface area contributed by atoms with Crippen LogP contribution >= 0.6 is 0 Å². The summed E-state index contributed by atoms with van der Waals surface area (Å²) in [7, 11) is 1.61. The van der Waals surface area contributed by atoms with Crippen molar-refractivity contribution >= 4 is 11.9 Å². The fourth-order valence-electron chi connectivity index (χ4n) is 3.20. The van der Waals surface area contributed by atoms with Crippen LogP contribution in [-0.2, 0) is 20.7 Å². The highest BCUT2D eigenvalue weighted by Gasteiger charge is 2.21. The number of amides is 1. The van der Waals surface area contributed by atoms with E-state index in [1.54, 1.807) is 14.0 Å². The molecule has 1 aromatic rings. The quantitative estimate of drug-likeness (QED) is 0.606. The Bertz CT molecular complexity index is 565. The SMILES string of the molecule is COc1ccccc1CCC(=O)O[C@H](C)C(=O)NC1CCCCCC1. The lowest BCUT2D eigenvalue weighted by molar-refractivity contribution is -0.155.